The van der Waals surface area contributed by atoms with Crippen molar-refractivity contribution in [1.82, 2.24) is 24.6 Å². The number of methoxy groups -OCH3 is 2. The third-order valence-electron chi connectivity index (χ3n) is 6.75. The molecule has 0 unspecified atom stereocenters. The van der Waals surface area contributed by atoms with E-state index in [0.717, 1.165) is 28.6 Å². The lowest BCUT2D eigenvalue weighted by Crippen LogP contribution is -2.29. The maximum atomic E-state index is 13.1. The number of carbonyl (C=O) groups is 1. The van der Waals surface area contributed by atoms with E-state index in [9.17, 15) is 4.79 Å². The first kappa shape index (κ1) is 24.1. The summed E-state index contributed by atoms with van der Waals surface area (Å²) in [5.74, 6) is 1.68. The van der Waals surface area contributed by atoms with E-state index in [0.29, 0.717) is 50.8 Å². The molecule has 1 amide bonds. The fourth-order valence-electron chi connectivity index (χ4n) is 4.78. The van der Waals surface area contributed by atoms with Gasteiger partial charge in [0.2, 0.25) is 4.96 Å². The molecule has 0 spiro atoms. The number of hydrogen-bond acceptors (Lipinski definition) is 10. The van der Waals surface area contributed by atoms with Crippen LogP contribution in [0.4, 0.5) is 5.69 Å². The smallest absolute Gasteiger partial charge is 0.294 e. The molecular weight excluding hydrogens is 532 g/mol. The highest BCUT2D eigenvalue weighted by Crippen LogP contribution is 2.38. The molecule has 11 nitrogen and oxygen atoms in total. The van der Waals surface area contributed by atoms with E-state index in [1.54, 1.807) is 29.8 Å². The molecule has 0 radical (unpaired) electrons. The first-order valence-corrected chi connectivity index (χ1v) is 13.2. The number of amides is 1. The van der Waals surface area contributed by atoms with Crippen LogP contribution in [0.5, 0.6) is 16.7 Å². The van der Waals surface area contributed by atoms with Crippen molar-refractivity contribution in [2.24, 2.45) is 0 Å². The van der Waals surface area contributed by atoms with Gasteiger partial charge in [-0.15, -0.1) is 5.10 Å². The summed E-state index contributed by atoms with van der Waals surface area (Å²) in [7, 11) is 3.17. The van der Waals surface area contributed by atoms with Gasteiger partial charge in [-0.05, 0) is 41.0 Å². The highest BCUT2D eigenvalue weighted by Gasteiger charge is 2.26. The van der Waals surface area contributed by atoms with Crippen molar-refractivity contribution < 1.29 is 23.4 Å². The van der Waals surface area contributed by atoms with E-state index >= 15 is 0 Å². The minimum Gasteiger partial charge on any atom is -0.496 e. The standard InChI is InChI=1S/C28H22N6O5S/c1-36-19-8-23(20-10-25(39-24(20)9-19)21-13-34-27(31-21)40-28(32-34)37-2)38-14-16-3-4-17-5-6-33(22(17)7-16)26(35)18-11-29-15-30-12-18/h3-4,7-13,15H,5-6,14H2,1-2H3. The first-order chi connectivity index (χ1) is 19.6. The molecule has 0 atom stereocenters. The Morgan fingerprint density at radius 1 is 1.10 bits per heavy atom. The molecule has 0 saturated heterocycles. The molecule has 0 aliphatic carbocycles. The van der Waals surface area contributed by atoms with E-state index in [2.05, 4.69) is 20.1 Å². The van der Waals surface area contributed by atoms with Crippen LogP contribution in [0, 0.1) is 0 Å². The van der Waals surface area contributed by atoms with Crippen molar-refractivity contribution in [1.29, 1.82) is 0 Å². The van der Waals surface area contributed by atoms with Gasteiger partial charge in [-0.2, -0.15) is 0 Å². The van der Waals surface area contributed by atoms with Gasteiger partial charge in [0.15, 0.2) is 5.76 Å². The van der Waals surface area contributed by atoms with Gasteiger partial charge < -0.3 is 23.5 Å². The van der Waals surface area contributed by atoms with Crippen molar-refractivity contribution in [3.8, 4) is 28.1 Å². The highest BCUT2D eigenvalue weighted by atomic mass is 32.1. The second-order valence-corrected chi connectivity index (χ2v) is 10.1. The number of fused-ring (bicyclic) bond motifs is 3. The van der Waals surface area contributed by atoms with Gasteiger partial charge in [0.05, 0.1) is 31.4 Å². The highest BCUT2D eigenvalue weighted by molar-refractivity contribution is 7.18. The molecule has 1 aliphatic rings. The molecule has 4 aromatic heterocycles. The predicted molar refractivity (Wildman–Crippen MR) is 147 cm³/mol. The fourth-order valence-corrected chi connectivity index (χ4v) is 5.48. The Balaban J connectivity index is 1.16. The molecule has 0 bridgehead atoms. The monoisotopic (exact) mass is 554 g/mol. The van der Waals surface area contributed by atoms with Crippen molar-refractivity contribution in [2.45, 2.75) is 13.0 Å². The third kappa shape index (κ3) is 4.18. The molecule has 2 aromatic carbocycles. The van der Waals surface area contributed by atoms with Crippen molar-refractivity contribution in [2.75, 3.05) is 25.7 Å². The average molecular weight is 555 g/mol. The largest absolute Gasteiger partial charge is 0.496 e. The number of furan rings is 1. The second kappa shape index (κ2) is 9.65. The molecule has 6 aromatic rings. The SMILES string of the molecule is COc1cc(OCc2ccc3c(c2)N(C(=O)c2cncnc2)CC3)c2cc(-c3cn4nc(OC)sc4n3)oc2c1. The lowest BCUT2D eigenvalue weighted by Gasteiger charge is -2.18. The number of nitrogens with zero attached hydrogens (tertiary/aromatic N) is 6. The van der Waals surface area contributed by atoms with Crippen molar-refractivity contribution in [3.63, 3.8) is 0 Å². The number of aromatic nitrogens is 5. The van der Waals surface area contributed by atoms with Crippen LogP contribution in [0.2, 0.25) is 0 Å². The topological polar surface area (TPSA) is 117 Å². The normalized spacial score (nSPS) is 12.7. The number of ether oxygens (including phenoxy) is 3. The van der Waals surface area contributed by atoms with Crippen LogP contribution in [-0.2, 0) is 13.0 Å². The quantitative estimate of drug-likeness (QED) is 0.274. The summed E-state index contributed by atoms with van der Waals surface area (Å²) in [5.41, 5.74) is 4.64. The summed E-state index contributed by atoms with van der Waals surface area (Å²) >= 11 is 1.34. The van der Waals surface area contributed by atoms with Crippen LogP contribution in [0.1, 0.15) is 21.5 Å². The van der Waals surface area contributed by atoms with Crippen LogP contribution in [0.3, 0.4) is 0 Å². The Labute approximate surface area is 231 Å². The van der Waals surface area contributed by atoms with Gasteiger partial charge in [-0.1, -0.05) is 12.1 Å². The molecular formula is C28H22N6O5S. The Morgan fingerprint density at radius 2 is 1.98 bits per heavy atom. The minimum absolute atomic E-state index is 0.120. The number of rotatable bonds is 7. The van der Waals surface area contributed by atoms with Gasteiger partial charge in [-0.3, -0.25) is 4.79 Å². The second-order valence-electron chi connectivity index (χ2n) is 9.16. The van der Waals surface area contributed by atoms with Crippen LogP contribution < -0.4 is 19.1 Å². The Kier molecular flexibility index (Phi) is 5.81. The van der Waals surface area contributed by atoms with Gasteiger partial charge >= 0.3 is 0 Å². The lowest BCUT2D eigenvalue weighted by molar-refractivity contribution is 0.0988. The molecule has 0 saturated carbocycles. The molecule has 1 aliphatic heterocycles. The molecule has 40 heavy (non-hydrogen) atoms. The van der Waals surface area contributed by atoms with E-state index in [4.69, 9.17) is 18.6 Å². The molecule has 5 heterocycles. The van der Waals surface area contributed by atoms with Gasteiger partial charge in [0.1, 0.15) is 35.7 Å². The zero-order chi connectivity index (χ0) is 27.2. The van der Waals surface area contributed by atoms with E-state index < -0.39 is 0 Å². The third-order valence-corrected chi connectivity index (χ3v) is 7.64. The number of imidazole rings is 1. The van der Waals surface area contributed by atoms with Gasteiger partial charge in [-0.25, -0.2) is 19.5 Å². The van der Waals surface area contributed by atoms with E-state index in [1.165, 1.54) is 30.1 Å². The number of hydrogen-bond donors (Lipinski definition) is 0. The van der Waals surface area contributed by atoms with E-state index in [-0.39, 0.29) is 12.5 Å². The minimum atomic E-state index is -0.120. The number of benzene rings is 2. The Bertz CT molecular complexity index is 1850. The summed E-state index contributed by atoms with van der Waals surface area (Å²) < 4.78 is 24.8. The maximum Gasteiger partial charge on any atom is 0.294 e. The summed E-state index contributed by atoms with van der Waals surface area (Å²) in [5, 5.41) is 5.66. The van der Waals surface area contributed by atoms with Gasteiger partial charge in [0.25, 0.3) is 11.1 Å². The zero-order valence-corrected chi connectivity index (χ0v) is 22.3. The molecule has 7 rings (SSSR count). The Morgan fingerprint density at radius 3 is 2.77 bits per heavy atom. The van der Waals surface area contributed by atoms with Crippen molar-refractivity contribution in [3.05, 3.63) is 78.0 Å². The summed E-state index contributed by atoms with van der Waals surface area (Å²) in [4.78, 5) is 28.1. The average Bonchev–Trinajstić information content (AvgIpc) is 3.77. The predicted octanol–water partition coefficient (Wildman–Crippen LogP) is 4.79. The fraction of sp³-hybridized carbons (Fsp3) is 0.179. The lowest BCUT2D eigenvalue weighted by atomic mass is 10.1. The van der Waals surface area contributed by atoms with Crippen LogP contribution in [-0.4, -0.2) is 51.2 Å². The maximum absolute atomic E-state index is 13.1. The summed E-state index contributed by atoms with van der Waals surface area (Å²) in [6.45, 7) is 0.895. The summed E-state index contributed by atoms with van der Waals surface area (Å²) in [6.07, 6.45) is 7.07. The zero-order valence-electron chi connectivity index (χ0n) is 21.5. The number of anilines is 1. The van der Waals surface area contributed by atoms with E-state index in [1.807, 2.05) is 36.4 Å². The molecule has 0 fully saturated rings. The molecule has 12 heteroatoms. The first-order valence-electron chi connectivity index (χ1n) is 12.4. The number of carbonyl (C=O) groups excluding carboxylic acids is 1. The van der Waals surface area contributed by atoms with Crippen LogP contribution in [0.15, 0.2) is 65.7 Å². The van der Waals surface area contributed by atoms with Crippen molar-refractivity contribution >= 4 is 38.9 Å². The van der Waals surface area contributed by atoms with Crippen LogP contribution in [0.25, 0.3) is 27.4 Å². The Hall–Kier alpha value is -4.97. The summed E-state index contributed by atoms with van der Waals surface area (Å²) in [6, 6.07) is 11.6. The van der Waals surface area contributed by atoms with Gasteiger partial charge in [0, 0.05) is 36.8 Å². The molecule has 200 valence electrons. The molecule has 0 N–H and O–H groups in total. The van der Waals surface area contributed by atoms with Crippen LogP contribution >= 0.6 is 11.3 Å².